The van der Waals surface area contributed by atoms with Gasteiger partial charge in [0.2, 0.25) is 5.95 Å². The molecule has 1 fully saturated rings. The first-order valence-electron chi connectivity index (χ1n) is 9.69. The van der Waals surface area contributed by atoms with Crippen LogP contribution in [-0.2, 0) is 10.2 Å². The minimum Gasteiger partial charge on any atom is -0.505 e. The Kier molecular flexibility index (Phi) is 5.25. The van der Waals surface area contributed by atoms with Gasteiger partial charge >= 0.3 is 0 Å². The van der Waals surface area contributed by atoms with E-state index in [9.17, 15) is 17.9 Å². The number of aromatic nitrogens is 4. The molecule has 0 aliphatic carbocycles. The average molecular weight is 476 g/mol. The summed E-state index contributed by atoms with van der Waals surface area (Å²) in [7, 11) is -3.40. The van der Waals surface area contributed by atoms with Crippen LogP contribution in [0.4, 0.5) is 10.3 Å². The van der Waals surface area contributed by atoms with E-state index < -0.39 is 21.8 Å². The van der Waals surface area contributed by atoms with Crippen LogP contribution in [0.3, 0.4) is 0 Å². The predicted octanol–water partition coefficient (Wildman–Crippen LogP) is 1.93. The van der Waals surface area contributed by atoms with Crippen LogP contribution in [0.2, 0.25) is 0 Å². The molecular formula is C19H18FN7O3S2. The number of rotatable bonds is 6. The van der Waals surface area contributed by atoms with Crippen molar-refractivity contribution in [1.82, 2.24) is 28.4 Å². The maximum absolute atomic E-state index is 13.6. The Labute approximate surface area is 186 Å². The average Bonchev–Trinajstić information content (AvgIpc) is 3.44. The number of hydrogen-bond donors (Lipinski definition) is 3. The zero-order valence-electron chi connectivity index (χ0n) is 16.6. The summed E-state index contributed by atoms with van der Waals surface area (Å²) in [6.07, 6.45) is 3.45. The van der Waals surface area contributed by atoms with Crippen LogP contribution in [0, 0.1) is 5.82 Å². The third kappa shape index (κ3) is 3.79. The van der Waals surface area contributed by atoms with E-state index in [1.807, 2.05) is 16.0 Å². The molecule has 166 valence electrons. The summed E-state index contributed by atoms with van der Waals surface area (Å²) >= 11 is 1.44. The van der Waals surface area contributed by atoms with Gasteiger partial charge in [0.1, 0.15) is 5.69 Å². The summed E-state index contributed by atoms with van der Waals surface area (Å²) in [5, 5.41) is 14.8. The summed E-state index contributed by atoms with van der Waals surface area (Å²) < 4.78 is 42.9. The molecular weight excluding hydrogens is 457 g/mol. The largest absolute Gasteiger partial charge is 0.505 e. The second kappa shape index (κ2) is 8.09. The van der Waals surface area contributed by atoms with Crippen molar-refractivity contribution in [3.63, 3.8) is 0 Å². The number of anilines is 1. The smallest absolute Gasteiger partial charge is 0.279 e. The van der Waals surface area contributed by atoms with Gasteiger partial charge in [0.25, 0.3) is 10.2 Å². The van der Waals surface area contributed by atoms with E-state index in [2.05, 4.69) is 25.0 Å². The van der Waals surface area contributed by atoms with E-state index >= 15 is 0 Å². The van der Waals surface area contributed by atoms with Crippen LogP contribution < -0.4 is 10.0 Å². The lowest BCUT2D eigenvalue weighted by molar-refractivity contribution is 0.432. The molecule has 0 atom stereocenters. The number of halogens is 1. The highest BCUT2D eigenvalue weighted by Gasteiger charge is 2.27. The van der Waals surface area contributed by atoms with Crippen LogP contribution in [-0.4, -0.2) is 63.4 Å². The lowest BCUT2D eigenvalue weighted by atomic mass is 10.1. The van der Waals surface area contributed by atoms with Gasteiger partial charge in [-0.3, -0.25) is 4.40 Å². The molecule has 0 spiro atoms. The fraction of sp³-hybridized carbons (Fsp3) is 0.211. The molecule has 0 unspecified atom stereocenters. The van der Waals surface area contributed by atoms with Gasteiger partial charge in [0.05, 0.1) is 11.4 Å². The third-order valence-electron chi connectivity index (χ3n) is 5.01. The molecule has 10 nitrogen and oxygen atoms in total. The fourth-order valence-electron chi connectivity index (χ4n) is 3.50. The third-order valence-corrected chi connectivity index (χ3v) is 7.38. The summed E-state index contributed by atoms with van der Waals surface area (Å²) in [4.78, 5) is 14.2. The highest BCUT2D eigenvalue weighted by atomic mass is 32.2. The highest BCUT2D eigenvalue weighted by molar-refractivity contribution is 7.87. The van der Waals surface area contributed by atoms with Crippen LogP contribution in [0.15, 0.2) is 42.0 Å². The predicted molar refractivity (Wildman–Crippen MR) is 118 cm³/mol. The van der Waals surface area contributed by atoms with Crippen LogP contribution in [0.25, 0.3) is 27.6 Å². The molecule has 0 bridgehead atoms. The summed E-state index contributed by atoms with van der Waals surface area (Å²) in [5.74, 6) is -0.827. The van der Waals surface area contributed by atoms with E-state index in [4.69, 9.17) is 0 Å². The minimum atomic E-state index is -3.40. The van der Waals surface area contributed by atoms with Crippen molar-refractivity contribution in [3.05, 3.63) is 47.9 Å². The maximum atomic E-state index is 13.6. The van der Waals surface area contributed by atoms with Gasteiger partial charge < -0.3 is 10.4 Å². The zero-order chi connectivity index (χ0) is 22.3. The topological polar surface area (TPSA) is 125 Å². The Hall–Kier alpha value is -3.13. The Morgan fingerprint density at radius 3 is 2.94 bits per heavy atom. The number of phenols is 1. The normalized spacial score (nSPS) is 16.0. The first-order valence-corrected chi connectivity index (χ1v) is 12.0. The second-order valence-corrected chi connectivity index (χ2v) is 9.65. The van der Waals surface area contributed by atoms with Crippen molar-refractivity contribution >= 4 is 32.5 Å². The number of nitrogens with zero attached hydrogens (tertiary/aromatic N) is 5. The summed E-state index contributed by atoms with van der Waals surface area (Å²) in [6, 6.07) is 5.80. The fourth-order valence-corrected chi connectivity index (χ4v) is 5.41. The van der Waals surface area contributed by atoms with Crippen molar-refractivity contribution in [3.8, 4) is 28.4 Å². The lowest BCUT2D eigenvalue weighted by Gasteiger charge is -2.13. The first kappa shape index (κ1) is 20.8. The highest BCUT2D eigenvalue weighted by Crippen LogP contribution is 2.35. The van der Waals surface area contributed by atoms with E-state index in [1.165, 1.54) is 27.8 Å². The summed E-state index contributed by atoms with van der Waals surface area (Å²) in [5.41, 5.74) is 2.34. The van der Waals surface area contributed by atoms with Crippen LogP contribution in [0.1, 0.15) is 0 Å². The van der Waals surface area contributed by atoms with E-state index in [0.29, 0.717) is 48.2 Å². The molecule has 1 aliphatic rings. The molecule has 3 N–H and O–H groups in total. The quantitative estimate of drug-likeness (QED) is 0.389. The number of imidazole rings is 1. The van der Waals surface area contributed by atoms with Crippen molar-refractivity contribution < 1.29 is 17.9 Å². The van der Waals surface area contributed by atoms with Crippen LogP contribution in [0.5, 0.6) is 5.75 Å². The molecule has 32 heavy (non-hydrogen) atoms. The molecule has 5 rings (SSSR count). The van der Waals surface area contributed by atoms with Crippen molar-refractivity contribution in [2.75, 3.05) is 31.5 Å². The van der Waals surface area contributed by atoms with Crippen molar-refractivity contribution in [2.24, 2.45) is 0 Å². The van der Waals surface area contributed by atoms with Crippen LogP contribution >= 0.6 is 11.3 Å². The first-order chi connectivity index (χ1) is 15.4. The van der Waals surface area contributed by atoms with Gasteiger partial charge in [-0.2, -0.15) is 12.7 Å². The Morgan fingerprint density at radius 1 is 1.28 bits per heavy atom. The molecule has 1 saturated heterocycles. The van der Waals surface area contributed by atoms with Gasteiger partial charge in [-0.25, -0.2) is 24.1 Å². The SMILES string of the molecule is O=S1(=O)NCCN1CCNc1nccc(-c2c(-c3ccc(F)c(O)c3)nc3sccn23)n1. The number of aromatic hydroxyl groups is 1. The second-order valence-electron chi connectivity index (χ2n) is 7.02. The Morgan fingerprint density at radius 2 is 2.16 bits per heavy atom. The molecule has 0 amide bonds. The van der Waals surface area contributed by atoms with Crippen molar-refractivity contribution in [1.29, 1.82) is 0 Å². The summed E-state index contributed by atoms with van der Waals surface area (Å²) in [6.45, 7) is 1.44. The molecule has 1 aliphatic heterocycles. The molecule has 4 heterocycles. The van der Waals surface area contributed by atoms with E-state index in [1.54, 1.807) is 18.3 Å². The Balaban J connectivity index is 1.45. The number of phenolic OH excluding ortho intramolecular Hbond substituents is 1. The number of nitrogens with one attached hydrogen (secondary N) is 2. The lowest BCUT2D eigenvalue weighted by Crippen LogP contribution is -2.33. The molecule has 0 saturated carbocycles. The maximum Gasteiger partial charge on any atom is 0.279 e. The number of hydrogen-bond acceptors (Lipinski definition) is 8. The zero-order valence-corrected chi connectivity index (χ0v) is 18.2. The number of benzene rings is 1. The number of thiazole rings is 1. The van der Waals surface area contributed by atoms with Gasteiger partial charge in [0.15, 0.2) is 16.5 Å². The molecule has 4 aromatic rings. The van der Waals surface area contributed by atoms with Crippen molar-refractivity contribution in [2.45, 2.75) is 0 Å². The van der Waals surface area contributed by atoms with Gasteiger partial charge in [-0.05, 0) is 24.3 Å². The minimum absolute atomic E-state index is 0.282. The van der Waals surface area contributed by atoms with Gasteiger partial charge in [-0.15, -0.1) is 11.3 Å². The molecule has 13 heteroatoms. The van der Waals surface area contributed by atoms with Gasteiger partial charge in [-0.1, -0.05) is 0 Å². The number of fused-ring (bicyclic) bond motifs is 1. The monoisotopic (exact) mass is 475 g/mol. The standard InChI is InChI=1S/C19H18FN7O3S2/c20-13-2-1-12(11-15(13)28)16-17(27-9-10-31-19(27)25-16)14-3-4-21-18(24-14)22-5-7-26-8-6-23-32(26,29)30/h1-4,9-11,23,28H,5-8H2,(H,21,22,24). The Bertz CT molecular complexity index is 1400. The molecule has 1 aromatic carbocycles. The molecule has 3 aromatic heterocycles. The molecule has 0 radical (unpaired) electrons. The van der Waals surface area contributed by atoms with E-state index in [0.717, 1.165) is 4.96 Å². The van der Waals surface area contributed by atoms with Gasteiger partial charge in [0, 0.05) is 49.5 Å². The van der Waals surface area contributed by atoms with E-state index in [-0.39, 0.29) is 6.54 Å².